The Morgan fingerprint density at radius 3 is 2.33 bits per heavy atom. The molecule has 0 amide bonds. The number of hydrogen-bond acceptors (Lipinski definition) is 2. The standard InChI is InChI=1S/C9H17NO2/c1-7(2)8(3)6-9(4,5)10(11)12/h8H,1,6H2,2-5H3. The van der Waals surface area contributed by atoms with Crippen LogP contribution in [0.4, 0.5) is 0 Å². The lowest BCUT2D eigenvalue weighted by Crippen LogP contribution is -2.32. The molecule has 0 heterocycles. The summed E-state index contributed by atoms with van der Waals surface area (Å²) in [6, 6.07) is 0. The van der Waals surface area contributed by atoms with Crippen molar-refractivity contribution in [3.63, 3.8) is 0 Å². The van der Waals surface area contributed by atoms with Crippen LogP contribution in [0.15, 0.2) is 12.2 Å². The zero-order valence-electron chi connectivity index (χ0n) is 8.26. The van der Waals surface area contributed by atoms with Crippen LogP contribution in [0.25, 0.3) is 0 Å². The topological polar surface area (TPSA) is 43.1 Å². The molecule has 0 aliphatic carbocycles. The van der Waals surface area contributed by atoms with Crippen molar-refractivity contribution in [3.8, 4) is 0 Å². The van der Waals surface area contributed by atoms with Crippen molar-refractivity contribution < 1.29 is 4.92 Å². The summed E-state index contributed by atoms with van der Waals surface area (Å²) in [7, 11) is 0. The molecule has 0 aromatic heterocycles. The van der Waals surface area contributed by atoms with Crippen molar-refractivity contribution in [2.75, 3.05) is 0 Å². The van der Waals surface area contributed by atoms with Crippen LogP contribution in [0, 0.1) is 16.0 Å². The molecule has 12 heavy (non-hydrogen) atoms. The highest BCUT2D eigenvalue weighted by Crippen LogP contribution is 2.23. The molecule has 1 atom stereocenters. The number of nitro groups is 1. The monoisotopic (exact) mass is 171 g/mol. The van der Waals surface area contributed by atoms with E-state index in [1.165, 1.54) is 0 Å². The van der Waals surface area contributed by atoms with Crippen LogP contribution >= 0.6 is 0 Å². The summed E-state index contributed by atoms with van der Waals surface area (Å²) in [5.41, 5.74) is 0.170. The highest BCUT2D eigenvalue weighted by atomic mass is 16.6. The Balaban J connectivity index is 4.24. The van der Waals surface area contributed by atoms with E-state index in [0.717, 1.165) is 5.57 Å². The predicted octanol–water partition coefficient (Wildman–Crippen LogP) is 2.64. The Labute approximate surface area is 73.6 Å². The van der Waals surface area contributed by atoms with E-state index in [1.807, 2.05) is 13.8 Å². The summed E-state index contributed by atoms with van der Waals surface area (Å²) in [5.74, 6) is 0.213. The molecular weight excluding hydrogens is 154 g/mol. The molecule has 0 N–H and O–H groups in total. The summed E-state index contributed by atoms with van der Waals surface area (Å²) in [5, 5.41) is 10.6. The first-order chi connectivity index (χ1) is 5.27. The number of allylic oxidation sites excluding steroid dienone is 1. The van der Waals surface area contributed by atoms with E-state index < -0.39 is 5.54 Å². The molecule has 3 nitrogen and oxygen atoms in total. The van der Waals surface area contributed by atoms with Crippen LogP contribution in [-0.4, -0.2) is 10.5 Å². The van der Waals surface area contributed by atoms with Gasteiger partial charge < -0.3 is 0 Å². The third-order valence-corrected chi connectivity index (χ3v) is 2.14. The summed E-state index contributed by atoms with van der Waals surface area (Å²) >= 11 is 0. The first-order valence-corrected chi connectivity index (χ1v) is 4.07. The Bertz CT molecular complexity index is 197. The van der Waals surface area contributed by atoms with Gasteiger partial charge in [-0.1, -0.05) is 19.1 Å². The Hall–Kier alpha value is -0.860. The van der Waals surface area contributed by atoms with Crippen molar-refractivity contribution in [1.82, 2.24) is 0 Å². The fraction of sp³-hybridized carbons (Fsp3) is 0.778. The fourth-order valence-corrected chi connectivity index (χ4v) is 0.998. The Kier molecular flexibility index (Phi) is 3.43. The van der Waals surface area contributed by atoms with Crippen molar-refractivity contribution >= 4 is 0 Å². The third kappa shape index (κ3) is 3.03. The molecule has 1 unspecified atom stereocenters. The molecule has 70 valence electrons. The van der Waals surface area contributed by atoms with E-state index in [0.29, 0.717) is 6.42 Å². The van der Waals surface area contributed by atoms with Crippen LogP contribution in [0.5, 0.6) is 0 Å². The maximum Gasteiger partial charge on any atom is 0.217 e. The van der Waals surface area contributed by atoms with Crippen molar-refractivity contribution in [2.24, 2.45) is 5.92 Å². The van der Waals surface area contributed by atoms with E-state index in [4.69, 9.17) is 0 Å². The number of rotatable bonds is 4. The van der Waals surface area contributed by atoms with E-state index in [9.17, 15) is 10.1 Å². The van der Waals surface area contributed by atoms with Crippen molar-refractivity contribution in [2.45, 2.75) is 39.7 Å². The Morgan fingerprint density at radius 1 is 1.67 bits per heavy atom. The van der Waals surface area contributed by atoms with Crippen LogP contribution in [0.3, 0.4) is 0 Å². The average molecular weight is 171 g/mol. The fourth-order valence-electron chi connectivity index (χ4n) is 0.998. The lowest BCUT2D eigenvalue weighted by molar-refractivity contribution is -0.562. The van der Waals surface area contributed by atoms with Gasteiger partial charge in [-0.05, 0) is 12.8 Å². The Morgan fingerprint density at radius 2 is 2.08 bits per heavy atom. The van der Waals surface area contributed by atoms with E-state index >= 15 is 0 Å². The first-order valence-electron chi connectivity index (χ1n) is 4.07. The molecule has 0 rings (SSSR count). The first kappa shape index (κ1) is 11.1. The van der Waals surface area contributed by atoms with Crippen molar-refractivity contribution in [1.29, 1.82) is 0 Å². The third-order valence-electron chi connectivity index (χ3n) is 2.14. The zero-order valence-corrected chi connectivity index (χ0v) is 8.26. The average Bonchev–Trinajstić information content (AvgIpc) is 1.85. The van der Waals surface area contributed by atoms with Gasteiger partial charge in [0.2, 0.25) is 5.54 Å². The molecule has 0 aromatic rings. The van der Waals surface area contributed by atoms with Crippen molar-refractivity contribution in [3.05, 3.63) is 22.3 Å². The zero-order chi connectivity index (χ0) is 9.94. The van der Waals surface area contributed by atoms with Gasteiger partial charge in [0.15, 0.2) is 0 Å². The lowest BCUT2D eigenvalue weighted by Gasteiger charge is -2.20. The second kappa shape index (κ2) is 3.70. The van der Waals surface area contributed by atoms with Crippen LogP contribution in [-0.2, 0) is 0 Å². The van der Waals surface area contributed by atoms with E-state index in [-0.39, 0.29) is 10.8 Å². The van der Waals surface area contributed by atoms with Gasteiger partial charge in [0.05, 0.1) is 0 Å². The van der Waals surface area contributed by atoms with Crippen LogP contribution in [0.2, 0.25) is 0 Å². The number of hydrogen-bond donors (Lipinski definition) is 0. The highest BCUT2D eigenvalue weighted by molar-refractivity contribution is 4.95. The minimum absolute atomic E-state index is 0.213. The van der Waals surface area contributed by atoms with Gasteiger partial charge >= 0.3 is 0 Å². The molecule has 0 aliphatic rings. The molecule has 0 saturated heterocycles. The minimum Gasteiger partial charge on any atom is -0.264 e. The van der Waals surface area contributed by atoms with Crippen LogP contribution in [0.1, 0.15) is 34.1 Å². The minimum atomic E-state index is -0.835. The largest absolute Gasteiger partial charge is 0.264 e. The van der Waals surface area contributed by atoms with Gasteiger partial charge in [0.25, 0.3) is 0 Å². The van der Waals surface area contributed by atoms with Gasteiger partial charge in [0.1, 0.15) is 0 Å². The van der Waals surface area contributed by atoms with Gasteiger partial charge in [-0.3, -0.25) is 10.1 Å². The van der Waals surface area contributed by atoms with Gasteiger partial charge in [-0.2, -0.15) is 0 Å². The molecule has 0 spiro atoms. The van der Waals surface area contributed by atoms with E-state index in [2.05, 4.69) is 6.58 Å². The highest BCUT2D eigenvalue weighted by Gasteiger charge is 2.32. The summed E-state index contributed by atoms with van der Waals surface area (Å²) < 4.78 is 0. The summed E-state index contributed by atoms with van der Waals surface area (Å²) in [6.07, 6.45) is 0.551. The molecule has 0 aromatic carbocycles. The molecule has 0 saturated carbocycles. The molecule has 3 heteroatoms. The summed E-state index contributed by atoms with van der Waals surface area (Å²) in [6.45, 7) is 10.9. The molecule has 0 radical (unpaired) electrons. The maximum absolute atomic E-state index is 10.6. The van der Waals surface area contributed by atoms with Gasteiger partial charge in [0, 0.05) is 25.2 Å². The van der Waals surface area contributed by atoms with Gasteiger partial charge in [-0.15, -0.1) is 0 Å². The molecule has 0 bridgehead atoms. The van der Waals surface area contributed by atoms with E-state index in [1.54, 1.807) is 13.8 Å². The summed E-state index contributed by atoms with van der Waals surface area (Å²) in [4.78, 5) is 10.3. The normalized spacial score (nSPS) is 14.0. The molecular formula is C9H17NO2. The second-order valence-electron chi connectivity index (χ2n) is 4.02. The quantitative estimate of drug-likeness (QED) is 0.371. The van der Waals surface area contributed by atoms with Crippen LogP contribution < -0.4 is 0 Å². The number of nitrogens with zero attached hydrogens (tertiary/aromatic N) is 1. The lowest BCUT2D eigenvalue weighted by atomic mass is 9.89. The molecule has 0 aliphatic heterocycles. The molecule has 0 fully saturated rings. The predicted molar refractivity (Wildman–Crippen MR) is 49.7 cm³/mol. The second-order valence-corrected chi connectivity index (χ2v) is 4.02. The SMILES string of the molecule is C=C(C)C(C)CC(C)(C)[N+](=O)[O-]. The van der Waals surface area contributed by atoms with Gasteiger partial charge in [-0.25, -0.2) is 0 Å². The maximum atomic E-state index is 10.6. The smallest absolute Gasteiger partial charge is 0.217 e.